The van der Waals surface area contributed by atoms with E-state index in [2.05, 4.69) is 40.0 Å². The first-order valence-corrected chi connectivity index (χ1v) is 11.9. The van der Waals surface area contributed by atoms with E-state index < -0.39 is 0 Å². The van der Waals surface area contributed by atoms with Crippen LogP contribution in [0.25, 0.3) is 33.0 Å². The van der Waals surface area contributed by atoms with Crippen LogP contribution in [-0.2, 0) is 29.6 Å². The fraction of sp³-hybridized carbons (Fsp3) is 0.286. The lowest BCUT2D eigenvalue weighted by Crippen LogP contribution is -2.26. The van der Waals surface area contributed by atoms with Gasteiger partial charge in [0.1, 0.15) is 0 Å². The minimum Gasteiger partial charge on any atom is -0.350 e. The van der Waals surface area contributed by atoms with Crippen LogP contribution >= 0.6 is 12.4 Å². The highest BCUT2D eigenvalue weighted by molar-refractivity contribution is 6.51. The summed E-state index contributed by atoms with van der Waals surface area (Å²) in [6.07, 6.45) is 4.05. The lowest BCUT2D eigenvalue weighted by Gasteiger charge is -2.22. The van der Waals surface area contributed by atoms with Crippen LogP contribution < -0.4 is 5.32 Å². The van der Waals surface area contributed by atoms with Gasteiger partial charge in [0, 0.05) is 70.4 Å². The number of aromatic nitrogens is 2. The first-order valence-electron chi connectivity index (χ1n) is 11.9. The quantitative estimate of drug-likeness (QED) is 0.436. The molecular formula is C28H27ClN4O2. The number of carbonyl (C=O) groups excluding carboxylic acids is 2. The molecule has 5 heterocycles. The lowest BCUT2D eigenvalue weighted by molar-refractivity contribution is -0.122. The monoisotopic (exact) mass is 486 g/mol. The van der Waals surface area contributed by atoms with E-state index in [9.17, 15) is 9.59 Å². The summed E-state index contributed by atoms with van der Waals surface area (Å²) in [6.45, 7) is 3.11. The van der Waals surface area contributed by atoms with Crippen LogP contribution in [0.2, 0.25) is 0 Å². The molecule has 0 saturated carbocycles. The van der Waals surface area contributed by atoms with Crippen LogP contribution in [0.3, 0.4) is 0 Å². The third kappa shape index (κ3) is 3.00. The van der Waals surface area contributed by atoms with Gasteiger partial charge < -0.3 is 14.0 Å². The van der Waals surface area contributed by atoms with Crippen LogP contribution in [0, 0.1) is 5.41 Å². The zero-order valence-corrected chi connectivity index (χ0v) is 20.6. The summed E-state index contributed by atoms with van der Waals surface area (Å²) in [7, 11) is 4.16. The van der Waals surface area contributed by atoms with Gasteiger partial charge in [0.25, 0.3) is 11.8 Å². The molecule has 1 N–H and O–H groups in total. The van der Waals surface area contributed by atoms with E-state index in [1.165, 1.54) is 5.69 Å². The SMILES string of the molecule is CN1CCC2(Cc3c(C4=C(c5cn(C)c6ccccc56)C(=O)NC4=O)c4ccccc4n3C2)C1.Cl. The maximum atomic E-state index is 13.4. The summed E-state index contributed by atoms with van der Waals surface area (Å²) < 4.78 is 4.44. The number of amides is 2. The maximum Gasteiger partial charge on any atom is 0.259 e. The van der Waals surface area contributed by atoms with E-state index in [0.717, 1.165) is 65.4 Å². The molecule has 35 heavy (non-hydrogen) atoms. The Morgan fingerprint density at radius 1 is 0.857 bits per heavy atom. The number of likely N-dealkylation sites (tertiary alicyclic amines) is 1. The highest BCUT2D eigenvalue weighted by Gasteiger charge is 2.46. The molecule has 0 radical (unpaired) electrons. The summed E-state index contributed by atoms with van der Waals surface area (Å²) >= 11 is 0. The summed E-state index contributed by atoms with van der Waals surface area (Å²) in [5.74, 6) is -0.606. The van der Waals surface area contributed by atoms with Crippen LogP contribution in [0.5, 0.6) is 0 Å². The Balaban J connectivity index is 0.00000229. The molecule has 2 aromatic heterocycles. The van der Waals surface area contributed by atoms with Crippen LogP contribution in [0.4, 0.5) is 0 Å². The van der Waals surface area contributed by atoms with E-state index in [1.54, 1.807) is 0 Å². The second-order valence-corrected chi connectivity index (χ2v) is 10.3. The number of nitrogens with one attached hydrogen (secondary N) is 1. The average molecular weight is 487 g/mol. The fourth-order valence-electron chi connectivity index (χ4n) is 6.67. The second kappa shape index (κ2) is 7.57. The van der Waals surface area contributed by atoms with E-state index in [0.29, 0.717) is 11.1 Å². The average Bonchev–Trinajstić information content (AvgIpc) is 3.59. The summed E-state index contributed by atoms with van der Waals surface area (Å²) in [4.78, 5) is 29.1. The van der Waals surface area contributed by atoms with Gasteiger partial charge >= 0.3 is 0 Å². The first-order chi connectivity index (χ1) is 16.5. The molecule has 1 atom stereocenters. The van der Waals surface area contributed by atoms with Crippen molar-refractivity contribution < 1.29 is 9.59 Å². The van der Waals surface area contributed by atoms with Crippen LogP contribution in [0.1, 0.15) is 23.2 Å². The zero-order chi connectivity index (χ0) is 23.2. The van der Waals surface area contributed by atoms with E-state index >= 15 is 0 Å². The number of fused-ring (bicyclic) bond motifs is 4. The molecular weight excluding hydrogens is 460 g/mol. The Hall–Kier alpha value is -3.35. The van der Waals surface area contributed by atoms with Gasteiger partial charge in [-0.3, -0.25) is 14.9 Å². The zero-order valence-electron chi connectivity index (χ0n) is 19.8. The predicted molar refractivity (Wildman–Crippen MR) is 140 cm³/mol. The minimum absolute atomic E-state index is 0. The Labute approximate surface area is 209 Å². The van der Waals surface area contributed by atoms with Gasteiger partial charge in [-0.1, -0.05) is 36.4 Å². The number of para-hydroxylation sites is 2. The van der Waals surface area contributed by atoms with Crippen molar-refractivity contribution in [3.8, 4) is 0 Å². The Morgan fingerprint density at radius 2 is 1.54 bits per heavy atom. The number of aryl methyl sites for hydroxylation is 1. The highest BCUT2D eigenvalue weighted by Crippen LogP contribution is 2.48. The molecule has 2 aromatic carbocycles. The van der Waals surface area contributed by atoms with Gasteiger partial charge in [0.2, 0.25) is 0 Å². The number of hydrogen-bond donors (Lipinski definition) is 1. The smallest absolute Gasteiger partial charge is 0.259 e. The first kappa shape index (κ1) is 22.1. The van der Waals surface area contributed by atoms with Crippen molar-refractivity contribution in [2.75, 3.05) is 20.1 Å². The number of carbonyl (C=O) groups is 2. The molecule has 0 aliphatic carbocycles. The Kier molecular flexibility index (Phi) is 4.79. The molecule has 2 amide bonds. The molecule has 6 nitrogen and oxygen atoms in total. The summed E-state index contributed by atoms with van der Waals surface area (Å²) in [5, 5.41) is 4.66. The topological polar surface area (TPSA) is 59.3 Å². The molecule has 3 aliphatic rings. The van der Waals surface area contributed by atoms with E-state index in [-0.39, 0.29) is 29.6 Å². The summed E-state index contributed by atoms with van der Waals surface area (Å²) in [5.41, 5.74) is 6.34. The maximum absolute atomic E-state index is 13.4. The number of halogens is 1. The molecule has 3 aliphatic heterocycles. The van der Waals surface area contributed by atoms with Crippen LogP contribution in [0.15, 0.2) is 54.7 Å². The van der Waals surface area contributed by atoms with Gasteiger partial charge in [0.15, 0.2) is 0 Å². The molecule has 1 fully saturated rings. The minimum atomic E-state index is -0.311. The van der Waals surface area contributed by atoms with Crippen molar-refractivity contribution >= 4 is 57.2 Å². The number of rotatable bonds is 2. The van der Waals surface area contributed by atoms with E-state index in [4.69, 9.17) is 0 Å². The standard InChI is InChI=1S/C28H26N4O2.ClH/c1-30-12-11-28(15-30)13-22-23(18-8-4-6-10-21(18)32(22)16-28)25-24(26(33)29-27(25)34)19-14-31(2)20-9-5-3-7-17(19)20;/h3-10,14H,11-13,15-16H2,1-2H3,(H,29,33,34);1H. The number of imide groups is 1. The molecule has 0 bridgehead atoms. The summed E-state index contributed by atoms with van der Waals surface area (Å²) in [6, 6.07) is 16.4. The van der Waals surface area contributed by atoms with Gasteiger partial charge in [0.05, 0.1) is 11.1 Å². The van der Waals surface area contributed by atoms with Gasteiger partial charge in [-0.05, 0) is 38.6 Å². The van der Waals surface area contributed by atoms with Crippen molar-refractivity contribution in [2.45, 2.75) is 19.4 Å². The van der Waals surface area contributed by atoms with Gasteiger partial charge in [-0.25, -0.2) is 0 Å². The van der Waals surface area contributed by atoms with Gasteiger partial charge in [-0.15, -0.1) is 12.4 Å². The number of nitrogens with zero attached hydrogens (tertiary/aromatic N) is 3. The molecule has 1 spiro atoms. The van der Waals surface area contributed by atoms with E-state index in [1.807, 2.05) is 48.1 Å². The number of benzene rings is 2. The normalized spacial score (nSPS) is 22.0. The molecule has 7 heteroatoms. The largest absolute Gasteiger partial charge is 0.350 e. The Bertz CT molecular complexity index is 1590. The van der Waals surface area contributed by atoms with Crippen molar-refractivity contribution in [3.63, 3.8) is 0 Å². The highest BCUT2D eigenvalue weighted by atomic mass is 35.5. The number of hydrogen-bond acceptors (Lipinski definition) is 3. The molecule has 1 unspecified atom stereocenters. The van der Waals surface area contributed by atoms with Gasteiger partial charge in [-0.2, -0.15) is 0 Å². The van der Waals surface area contributed by atoms with Crippen molar-refractivity contribution in [1.82, 2.24) is 19.4 Å². The molecule has 1 saturated heterocycles. The fourth-order valence-corrected chi connectivity index (χ4v) is 6.67. The molecule has 7 rings (SSSR count). The van der Waals surface area contributed by atoms with Crippen molar-refractivity contribution in [1.29, 1.82) is 0 Å². The molecule has 178 valence electrons. The Morgan fingerprint density at radius 3 is 2.29 bits per heavy atom. The molecule has 4 aromatic rings. The third-order valence-corrected chi connectivity index (χ3v) is 8.09. The third-order valence-electron chi connectivity index (χ3n) is 8.09. The second-order valence-electron chi connectivity index (χ2n) is 10.3. The van der Waals surface area contributed by atoms with Crippen molar-refractivity contribution in [3.05, 3.63) is 71.5 Å². The van der Waals surface area contributed by atoms with Crippen molar-refractivity contribution in [2.24, 2.45) is 12.5 Å². The lowest BCUT2D eigenvalue weighted by atomic mass is 9.83. The van der Waals surface area contributed by atoms with Crippen LogP contribution in [-0.4, -0.2) is 46.0 Å². The predicted octanol–water partition coefficient (Wildman–Crippen LogP) is 4.00.